The molecule has 2 heteroatoms. The Bertz CT molecular complexity index is 402. The monoisotopic (exact) mass is 272 g/mol. The molecule has 2 fully saturated rings. The molecule has 0 bridgehead atoms. The molecule has 0 amide bonds. The first-order chi connectivity index (χ1) is 9.93. The topological polar surface area (TPSA) is 15.3 Å². The molecular formula is C18H28N2. The van der Waals surface area contributed by atoms with Crippen LogP contribution in [0.2, 0.25) is 0 Å². The van der Waals surface area contributed by atoms with E-state index in [9.17, 15) is 0 Å². The first-order valence-electron chi connectivity index (χ1n) is 8.44. The van der Waals surface area contributed by atoms with Gasteiger partial charge in [0.2, 0.25) is 0 Å². The molecule has 1 aliphatic carbocycles. The molecule has 0 spiro atoms. The SMILES string of the molecule is c1ccc(C2CCCCCC2)c(CN2CCNCC2)c1. The van der Waals surface area contributed by atoms with Gasteiger partial charge in [0.1, 0.15) is 0 Å². The van der Waals surface area contributed by atoms with Gasteiger partial charge in [0.25, 0.3) is 0 Å². The van der Waals surface area contributed by atoms with Crippen molar-refractivity contribution in [3.63, 3.8) is 0 Å². The van der Waals surface area contributed by atoms with E-state index in [0.717, 1.165) is 25.6 Å². The van der Waals surface area contributed by atoms with Crippen LogP contribution >= 0.6 is 0 Å². The van der Waals surface area contributed by atoms with Crippen molar-refractivity contribution in [3.8, 4) is 0 Å². The molecule has 0 radical (unpaired) electrons. The van der Waals surface area contributed by atoms with Gasteiger partial charge in [-0.25, -0.2) is 0 Å². The summed E-state index contributed by atoms with van der Waals surface area (Å²) in [6, 6.07) is 9.22. The van der Waals surface area contributed by atoms with E-state index in [0.29, 0.717) is 0 Å². The van der Waals surface area contributed by atoms with Gasteiger partial charge in [0.15, 0.2) is 0 Å². The molecule has 1 heterocycles. The van der Waals surface area contributed by atoms with E-state index in [4.69, 9.17) is 0 Å². The minimum atomic E-state index is 0.816. The fraction of sp³-hybridized carbons (Fsp3) is 0.667. The van der Waals surface area contributed by atoms with E-state index in [1.807, 2.05) is 0 Å². The van der Waals surface area contributed by atoms with Crippen molar-refractivity contribution in [2.24, 2.45) is 0 Å². The van der Waals surface area contributed by atoms with Gasteiger partial charge < -0.3 is 5.32 Å². The summed E-state index contributed by atoms with van der Waals surface area (Å²) in [4.78, 5) is 2.60. The van der Waals surface area contributed by atoms with Gasteiger partial charge in [-0.05, 0) is 29.9 Å². The number of hydrogen-bond acceptors (Lipinski definition) is 2. The fourth-order valence-corrected chi connectivity index (χ4v) is 3.78. The number of hydrogen-bond donors (Lipinski definition) is 1. The lowest BCUT2D eigenvalue weighted by atomic mass is 9.88. The molecule has 0 atom stereocenters. The predicted molar refractivity (Wildman–Crippen MR) is 85.0 cm³/mol. The Hall–Kier alpha value is -0.860. The van der Waals surface area contributed by atoms with Crippen LogP contribution in [0, 0.1) is 0 Å². The summed E-state index contributed by atoms with van der Waals surface area (Å²) in [5, 5.41) is 3.45. The summed E-state index contributed by atoms with van der Waals surface area (Å²) < 4.78 is 0. The molecule has 1 aromatic carbocycles. The number of rotatable bonds is 3. The Kier molecular flexibility index (Phi) is 5.10. The van der Waals surface area contributed by atoms with Crippen LogP contribution < -0.4 is 5.32 Å². The molecule has 110 valence electrons. The summed E-state index contributed by atoms with van der Waals surface area (Å²) in [5.41, 5.74) is 3.23. The van der Waals surface area contributed by atoms with E-state index in [1.54, 1.807) is 11.1 Å². The van der Waals surface area contributed by atoms with Gasteiger partial charge in [0.05, 0.1) is 0 Å². The zero-order valence-electron chi connectivity index (χ0n) is 12.6. The molecule has 0 aromatic heterocycles. The standard InChI is InChI=1S/C18H28N2/c1-2-4-8-16(7-3-1)18-10-6-5-9-17(18)15-20-13-11-19-12-14-20/h5-6,9-10,16,19H,1-4,7-8,11-15H2. The van der Waals surface area contributed by atoms with Gasteiger partial charge in [-0.15, -0.1) is 0 Å². The number of nitrogens with zero attached hydrogens (tertiary/aromatic N) is 1. The molecule has 1 saturated carbocycles. The zero-order valence-corrected chi connectivity index (χ0v) is 12.6. The van der Waals surface area contributed by atoms with Crippen molar-refractivity contribution in [1.82, 2.24) is 10.2 Å². The molecule has 1 saturated heterocycles. The molecule has 1 aromatic rings. The number of benzene rings is 1. The summed E-state index contributed by atoms with van der Waals surface area (Å²) in [6.45, 7) is 5.82. The zero-order chi connectivity index (χ0) is 13.6. The maximum absolute atomic E-state index is 3.45. The number of piperazine rings is 1. The Balaban J connectivity index is 1.72. The minimum Gasteiger partial charge on any atom is -0.314 e. The van der Waals surface area contributed by atoms with E-state index >= 15 is 0 Å². The lowest BCUT2D eigenvalue weighted by Gasteiger charge is -2.29. The summed E-state index contributed by atoms with van der Waals surface area (Å²) in [5.74, 6) is 0.816. The summed E-state index contributed by atoms with van der Waals surface area (Å²) >= 11 is 0. The Labute approximate surface area is 123 Å². The predicted octanol–water partition coefficient (Wildman–Crippen LogP) is 3.53. The van der Waals surface area contributed by atoms with Crippen molar-refractivity contribution in [2.75, 3.05) is 26.2 Å². The van der Waals surface area contributed by atoms with Gasteiger partial charge in [0, 0.05) is 32.7 Å². The van der Waals surface area contributed by atoms with E-state index in [1.165, 1.54) is 51.6 Å². The van der Waals surface area contributed by atoms with Crippen molar-refractivity contribution < 1.29 is 0 Å². The highest BCUT2D eigenvalue weighted by atomic mass is 15.2. The van der Waals surface area contributed by atoms with Crippen LogP contribution in [0.25, 0.3) is 0 Å². The largest absolute Gasteiger partial charge is 0.314 e. The second-order valence-corrected chi connectivity index (χ2v) is 6.41. The maximum Gasteiger partial charge on any atom is 0.0237 e. The van der Waals surface area contributed by atoms with Crippen LogP contribution in [0.1, 0.15) is 55.6 Å². The van der Waals surface area contributed by atoms with Crippen molar-refractivity contribution in [1.29, 1.82) is 0 Å². The third-order valence-corrected chi connectivity index (χ3v) is 4.95. The van der Waals surface area contributed by atoms with Crippen LogP contribution in [0.5, 0.6) is 0 Å². The highest BCUT2D eigenvalue weighted by Gasteiger charge is 2.18. The highest BCUT2D eigenvalue weighted by molar-refractivity contribution is 5.30. The van der Waals surface area contributed by atoms with Crippen LogP contribution in [-0.4, -0.2) is 31.1 Å². The quantitative estimate of drug-likeness (QED) is 0.847. The first kappa shape index (κ1) is 14.1. The van der Waals surface area contributed by atoms with Crippen LogP contribution in [0.4, 0.5) is 0 Å². The first-order valence-corrected chi connectivity index (χ1v) is 8.44. The normalized spacial score (nSPS) is 22.6. The van der Waals surface area contributed by atoms with Crippen LogP contribution in [0.15, 0.2) is 24.3 Å². The van der Waals surface area contributed by atoms with Crippen LogP contribution in [-0.2, 0) is 6.54 Å². The molecule has 20 heavy (non-hydrogen) atoms. The average Bonchev–Trinajstić information content (AvgIpc) is 2.78. The molecule has 3 rings (SSSR count). The van der Waals surface area contributed by atoms with Gasteiger partial charge in [-0.2, -0.15) is 0 Å². The Morgan fingerprint density at radius 3 is 2.40 bits per heavy atom. The second-order valence-electron chi connectivity index (χ2n) is 6.41. The van der Waals surface area contributed by atoms with Gasteiger partial charge >= 0.3 is 0 Å². The number of nitrogens with one attached hydrogen (secondary N) is 1. The summed E-state index contributed by atoms with van der Waals surface area (Å²) in [6.07, 6.45) is 8.53. The Morgan fingerprint density at radius 1 is 0.950 bits per heavy atom. The molecule has 2 nitrogen and oxygen atoms in total. The van der Waals surface area contributed by atoms with Crippen molar-refractivity contribution in [3.05, 3.63) is 35.4 Å². The third kappa shape index (κ3) is 3.62. The summed E-state index contributed by atoms with van der Waals surface area (Å²) in [7, 11) is 0. The molecule has 1 aliphatic heterocycles. The van der Waals surface area contributed by atoms with Crippen molar-refractivity contribution >= 4 is 0 Å². The van der Waals surface area contributed by atoms with E-state index in [-0.39, 0.29) is 0 Å². The maximum atomic E-state index is 3.45. The third-order valence-electron chi connectivity index (χ3n) is 4.95. The van der Waals surface area contributed by atoms with E-state index < -0.39 is 0 Å². The van der Waals surface area contributed by atoms with Crippen molar-refractivity contribution in [2.45, 2.75) is 51.0 Å². The average molecular weight is 272 g/mol. The van der Waals surface area contributed by atoms with Crippen LogP contribution in [0.3, 0.4) is 0 Å². The lowest BCUT2D eigenvalue weighted by Crippen LogP contribution is -2.43. The smallest absolute Gasteiger partial charge is 0.0237 e. The Morgan fingerprint density at radius 2 is 1.65 bits per heavy atom. The second kappa shape index (κ2) is 7.24. The molecule has 0 unspecified atom stereocenters. The molecule has 1 N–H and O–H groups in total. The molecular weight excluding hydrogens is 244 g/mol. The highest BCUT2D eigenvalue weighted by Crippen LogP contribution is 2.33. The molecule has 2 aliphatic rings. The van der Waals surface area contributed by atoms with E-state index in [2.05, 4.69) is 34.5 Å². The lowest BCUT2D eigenvalue weighted by molar-refractivity contribution is 0.232. The van der Waals surface area contributed by atoms with Gasteiger partial charge in [-0.1, -0.05) is 49.9 Å². The van der Waals surface area contributed by atoms with Gasteiger partial charge in [-0.3, -0.25) is 4.90 Å². The fourth-order valence-electron chi connectivity index (χ4n) is 3.78. The minimum absolute atomic E-state index is 0.816.